The van der Waals surface area contributed by atoms with Crippen LogP contribution in [0.2, 0.25) is 0 Å². The third-order valence-corrected chi connectivity index (χ3v) is 5.06. The van der Waals surface area contributed by atoms with Crippen molar-refractivity contribution < 1.29 is 13.9 Å². The summed E-state index contributed by atoms with van der Waals surface area (Å²) < 4.78 is 25.8. The molecule has 2 aromatic rings. The van der Waals surface area contributed by atoms with Crippen molar-refractivity contribution >= 4 is 16.9 Å². The molecule has 6 heteroatoms. The summed E-state index contributed by atoms with van der Waals surface area (Å²) in [6, 6.07) is 12.8. The van der Waals surface area contributed by atoms with Gasteiger partial charge in [-0.1, -0.05) is 49.0 Å². The van der Waals surface area contributed by atoms with E-state index in [1.54, 1.807) is 0 Å². The van der Waals surface area contributed by atoms with Crippen LogP contribution in [0.15, 0.2) is 47.5 Å². The summed E-state index contributed by atoms with van der Waals surface area (Å²) in [4.78, 5) is 4.41. The third-order valence-electron chi connectivity index (χ3n) is 4.21. The number of hydrogen-bond donors (Lipinski definition) is 1. The molecule has 0 amide bonds. The van der Waals surface area contributed by atoms with Crippen LogP contribution in [-0.2, 0) is 17.1 Å². The highest BCUT2D eigenvalue weighted by Gasteiger charge is 2.25. The van der Waals surface area contributed by atoms with Crippen molar-refractivity contribution in [2.45, 2.75) is 45.0 Å². The van der Waals surface area contributed by atoms with Gasteiger partial charge < -0.3 is 15.2 Å². The molecule has 3 rings (SSSR count). The Bertz CT molecular complexity index is 783. The summed E-state index contributed by atoms with van der Waals surface area (Å²) >= 11 is 1.39. The first-order valence-corrected chi connectivity index (χ1v) is 9.66. The Morgan fingerprint density at radius 1 is 1.35 bits per heavy atom. The number of amidine groups is 1. The van der Waals surface area contributed by atoms with E-state index in [9.17, 15) is 4.39 Å². The van der Waals surface area contributed by atoms with Crippen molar-refractivity contribution in [3.05, 3.63) is 65.0 Å². The minimum atomic E-state index is -0.496. The number of nitrogens with two attached hydrogens (primary N) is 1. The molecule has 1 aliphatic rings. The molecule has 2 N–H and O–H groups in total. The van der Waals surface area contributed by atoms with E-state index in [2.05, 4.69) is 11.9 Å². The topological polar surface area (TPSA) is 56.8 Å². The number of fused-ring (bicyclic) bond motifs is 1. The zero-order valence-corrected chi connectivity index (χ0v) is 15.8. The van der Waals surface area contributed by atoms with Gasteiger partial charge in [0.25, 0.3) is 0 Å². The molecular formula is C20H23FN2O2S. The lowest BCUT2D eigenvalue weighted by molar-refractivity contribution is -0.112. The van der Waals surface area contributed by atoms with Gasteiger partial charge in [-0.15, -0.1) is 0 Å². The molecule has 0 unspecified atom stereocenters. The van der Waals surface area contributed by atoms with Gasteiger partial charge in [-0.25, -0.2) is 4.39 Å². The molecule has 2 atom stereocenters. The zero-order valence-electron chi connectivity index (χ0n) is 14.9. The average molecular weight is 374 g/mol. The fourth-order valence-electron chi connectivity index (χ4n) is 2.66. The number of halogens is 1. The molecule has 1 aliphatic heterocycles. The predicted molar refractivity (Wildman–Crippen MR) is 104 cm³/mol. The molecule has 0 aromatic heterocycles. The predicted octanol–water partition coefficient (Wildman–Crippen LogP) is 4.78. The van der Waals surface area contributed by atoms with E-state index >= 15 is 0 Å². The van der Waals surface area contributed by atoms with E-state index in [0.717, 1.165) is 17.5 Å². The van der Waals surface area contributed by atoms with Crippen LogP contribution in [0.4, 0.5) is 4.39 Å². The number of benzene rings is 2. The molecule has 0 bridgehead atoms. The maximum Gasteiger partial charge on any atom is 0.227 e. The van der Waals surface area contributed by atoms with Gasteiger partial charge in [0.1, 0.15) is 11.6 Å². The van der Waals surface area contributed by atoms with Crippen LogP contribution >= 0.6 is 11.8 Å². The number of nitrogens with zero attached hydrogens (tertiary/aromatic N) is 1. The first kappa shape index (κ1) is 18.7. The highest BCUT2D eigenvalue weighted by Crippen LogP contribution is 2.37. The van der Waals surface area contributed by atoms with Crippen molar-refractivity contribution in [1.82, 2.24) is 0 Å². The third kappa shape index (κ3) is 4.56. The molecule has 0 spiro atoms. The second-order valence-corrected chi connectivity index (χ2v) is 7.23. The van der Waals surface area contributed by atoms with Gasteiger partial charge in [-0.05, 0) is 25.5 Å². The van der Waals surface area contributed by atoms with Crippen molar-refractivity contribution in [1.29, 1.82) is 0 Å². The monoisotopic (exact) mass is 374 g/mol. The van der Waals surface area contributed by atoms with E-state index in [1.165, 1.54) is 23.9 Å². The van der Waals surface area contributed by atoms with E-state index < -0.39 is 6.29 Å². The Hall–Kier alpha value is -2.05. The second kappa shape index (κ2) is 8.56. The van der Waals surface area contributed by atoms with Crippen LogP contribution in [0, 0.1) is 5.82 Å². The Kier molecular flexibility index (Phi) is 6.16. The number of rotatable bonds is 5. The lowest BCUT2D eigenvalue weighted by atomic mass is 10.1. The first-order chi connectivity index (χ1) is 12.6. The molecule has 0 radical (unpaired) electrons. The number of aliphatic imine (C=N–C) groups is 1. The quantitative estimate of drug-likeness (QED) is 0.604. The summed E-state index contributed by atoms with van der Waals surface area (Å²) in [5.41, 5.74) is 8.39. The molecule has 26 heavy (non-hydrogen) atoms. The largest absolute Gasteiger partial charge is 0.460 e. The molecule has 0 saturated heterocycles. The fraction of sp³-hybridized carbons (Fsp3) is 0.350. The van der Waals surface area contributed by atoms with Gasteiger partial charge in [-0.3, -0.25) is 4.99 Å². The highest BCUT2D eigenvalue weighted by atomic mass is 32.2. The Balaban J connectivity index is 1.80. The van der Waals surface area contributed by atoms with Gasteiger partial charge in [-0.2, -0.15) is 0 Å². The van der Waals surface area contributed by atoms with E-state index in [0.29, 0.717) is 28.8 Å². The standard InChI is InChI=1S/C20H23FN2O2S/c1-3-13(2)23-20(22)26-12-16-10-17(21)9-15-11-24-19(25-18(15)16)14-7-5-4-6-8-14/h4-10,13,19H,3,11-12H2,1-2H3,(H2,22,23)/t13-,19-/m1/s1. The minimum absolute atomic E-state index is 0.177. The van der Waals surface area contributed by atoms with Crippen LogP contribution in [0.5, 0.6) is 5.75 Å². The smallest absolute Gasteiger partial charge is 0.227 e. The maximum absolute atomic E-state index is 14.0. The van der Waals surface area contributed by atoms with E-state index in [4.69, 9.17) is 15.2 Å². The zero-order chi connectivity index (χ0) is 18.5. The lowest BCUT2D eigenvalue weighted by Crippen LogP contribution is -2.19. The Labute approximate surface area is 157 Å². The minimum Gasteiger partial charge on any atom is -0.460 e. The maximum atomic E-state index is 14.0. The molecule has 2 aromatic carbocycles. The first-order valence-electron chi connectivity index (χ1n) is 8.67. The van der Waals surface area contributed by atoms with E-state index in [-0.39, 0.29) is 11.9 Å². The van der Waals surface area contributed by atoms with Crippen molar-refractivity contribution in [3.8, 4) is 5.75 Å². The van der Waals surface area contributed by atoms with Crippen LogP contribution in [-0.4, -0.2) is 11.2 Å². The molecule has 0 aliphatic carbocycles. The average Bonchev–Trinajstić information content (AvgIpc) is 2.66. The van der Waals surface area contributed by atoms with Gasteiger partial charge in [0, 0.05) is 28.5 Å². The molecule has 0 fully saturated rings. The summed E-state index contributed by atoms with van der Waals surface area (Å²) in [5, 5.41) is 0.504. The van der Waals surface area contributed by atoms with E-state index in [1.807, 2.05) is 37.3 Å². The lowest BCUT2D eigenvalue weighted by Gasteiger charge is -2.28. The van der Waals surface area contributed by atoms with Crippen molar-refractivity contribution in [2.24, 2.45) is 10.7 Å². The molecular weight excluding hydrogens is 351 g/mol. The molecule has 0 saturated carbocycles. The number of hydrogen-bond acceptors (Lipinski definition) is 4. The van der Waals surface area contributed by atoms with Crippen LogP contribution in [0.1, 0.15) is 43.2 Å². The summed E-state index contributed by atoms with van der Waals surface area (Å²) in [6.07, 6.45) is 0.430. The SMILES string of the molecule is CC[C@@H](C)N=C(N)SCc1cc(F)cc2c1O[C@H](c1ccccc1)OC2. The van der Waals surface area contributed by atoms with Crippen molar-refractivity contribution in [3.63, 3.8) is 0 Å². The van der Waals surface area contributed by atoms with Gasteiger partial charge in [0.2, 0.25) is 6.29 Å². The number of ether oxygens (including phenoxy) is 2. The Morgan fingerprint density at radius 3 is 2.85 bits per heavy atom. The molecule has 138 valence electrons. The van der Waals surface area contributed by atoms with Crippen molar-refractivity contribution in [2.75, 3.05) is 0 Å². The second-order valence-electron chi connectivity index (χ2n) is 6.24. The highest BCUT2D eigenvalue weighted by molar-refractivity contribution is 8.13. The van der Waals surface area contributed by atoms with Crippen LogP contribution < -0.4 is 10.5 Å². The summed E-state index contributed by atoms with van der Waals surface area (Å²) in [5.74, 6) is 0.866. The Morgan fingerprint density at radius 2 is 2.12 bits per heavy atom. The van der Waals surface area contributed by atoms with Gasteiger partial charge in [0.15, 0.2) is 5.17 Å². The number of thioether (sulfide) groups is 1. The summed E-state index contributed by atoms with van der Waals surface area (Å²) in [6.45, 7) is 4.38. The van der Waals surface area contributed by atoms with Crippen LogP contribution in [0.25, 0.3) is 0 Å². The molecule has 1 heterocycles. The van der Waals surface area contributed by atoms with Gasteiger partial charge >= 0.3 is 0 Å². The fourth-order valence-corrected chi connectivity index (χ4v) is 3.43. The normalized spacial score (nSPS) is 18.1. The van der Waals surface area contributed by atoms with Crippen LogP contribution in [0.3, 0.4) is 0 Å². The summed E-state index contributed by atoms with van der Waals surface area (Å²) in [7, 11) is 0. The molecule has 4 nitrogen and oxygen atoms in total. The van der Waals surface area contributed by atoms with Gasteiger partial charge in [0.05, 0.1) is 6.61 Å².